The lowest BCUT2D eigenvalue weighted by Gasteiger charge is -2.16. The summed E-state index contributed by atoms with van der Waals surface area (Å²) in [6, 6.07) is 12.3. The summed E-state index contributed by atoms with van der Waals surface area (Å²) in [5.74, 6) is 2.83. The van der Waals surface area contributed by atoms with Gasteiger partial charge in [0.1, 0.15) is 11.9 Å². The first-order valence-corrected chi connectivity index (χ1v) is 11.4. The minimum absolute atomic E-state index is 0.0318. The average molecular weight is 407 g/mol. The van der Waals surface area contributed by atoms with Gasteiger partial charge in [-0.1, -0.05) is 49.9 Å². The molecular weight excluding hydrogens is 380 g/mol. The zero-order chi connectivity index (χ0) is 20.0. The third kappa shape index (κ3) is 3.52. The highest BCUT2D eigenvalue weighted by molar-refractivity contribution is 8.00. The molecule has 2 aromatic carbocycles. The molecular formula is C24H26N2O2S. The van der Waals surface area contributed by atoms with E-state index in [4.69, 9.17) is 4.74 Å². The van der Waals surface area contributed by atoms with Gasteiger partial charge >= 0.3 is 0 Å². The molecule has 0 radical (unpaired) electrons. The lowest BCUT2D eigenvalue weighted by atomic mass is 9.96. The number of hydrogen-bond acceptors (Lipinski definition) is 4. The topological polar surface area (TPSA) is 43.3 Å². The summed E-state index contributed by atoms with van der Waals surface area (Å²) in [5, 5.41) is 1.72. The summed E-state index contributed by atoms with van der Waals surface area (Å²) < 4.78 is 11.7. The van der Waals surface area contributed by atoms with Crippen molar-refractivity contribution in [3.05, 3.63) is 58.5 Å². The molecule has 3 aromatic rings. The molecule has 1 N–H and O–H groups in total. The highest BCUT2D eigenvalue weighted by atomic mass is 32.2. The number of aryl methyl sites for hydroxylation is 1. The zero-order valence-electron chi connectivity index (χ0n) is 16.9. The second kappa shape index (κ2) is 7.45. The number of anilines is 1. The fourth-order valence-electron chi connectivity index (χ4n) is 4.34. The van der Waals surface area contributed by atoms with Crippen LogP contribution in [0.2, 0.25) is 0 Å². The second-order valence-electron chi connectivity index (χ2n) is 8.17. The summed E-state index contributed by atoms with van der Waals surface area (Å²) in [5.41, 5.74) is 4.52. The lowest BCUT2D eigenvalue weighted by Crippen LogP contribution is -2.16. The Kier molecular flexibility index (Phi) is 4.78. The summed E-state index contributed by atoms with van der Waals surface area (Å²) in [6.45, 7) is 2.14. The number of hydrogen-bond donors (Lipinski definition) is 1. The number of rotatable bonds is 6. The van der Waals surface area contributed by atoms with Gasteiger partial charge in [0.25, 0.3) is 5.56 Å². The Labute approximate surface area is 175 Å². The van der Waals surface area contributed by atoms with Gasteiger partial charge in [-0.25, -0.2) is 0 Å². The lowest BCUT2D eigenvalue weighted by molar-refractivity contribution is 0.214. The zero-order valence-corrected chi connectivity index (χ0v) is 17.7. The van der Waals surface area contributed by atoms with Crippen LogP contribution < -0.4 is 15.0 Å². The van der Waals surface area contributed by atoms with E-state index in [0.717, 1.165) is 57.8 Å². The van der Waals surface area contributed by atoms with Crippen molar-refractivity contribution in [3.8, 4) is 16.9 Å². The van der Waals surface area contributed by atoms with Gasteiger partial charge in [-0.2, -0.15) is 0 Å². The summed E-state index contributed by atoms with van der Waals surface area (Å²) in [4.78, 5) is 12.7. The predicted octanol–water partition coefficient (Wildman–Crippen LogP) is 5.39. The van der Waals surface area contributed by atoms with Crippen LogP contribution in [0.3, 0.4) is 0 Å². The van der Waals surface area contributed by atoms with E-state index in [1.165, 1.54) is 18.4 Å². The summed E-state index contributed by atoms with van der Waals surface area (Å²) >= 11 is 1.70. The minimum atomic E-state index is 0.0318. The highest BCUT2D eigenvalue weighted by Crippen LogP contribution is 2.45. The van der Waals surface area contributed by atoms with Crippen molar-refractivity contribution in [3.63, 3.8) is 0 Å². The van der Waals surface area contributed by atoms with Crippen LogP contribution in [0.25, 0.3) is 21.9 Å². The van der Waals surface area contributed by atoms with Crippen LogP contribution in [0.1, 0.15) is 31.7 Å². The third-order valence-electron chi connectivity index (χ3n) is 5.91. The molecule has 5 rings (SSSR count). The maximum Gasteiger partial charge on any atom is 0.258 e. The molecule has 1 aliphatic heterocycles. The molecule has 5 heteroatoms. The van der Waals surface area contributed by atoms with Gasteiger partial charge in [0, 0.05) is 53.2 Å². The Morgan fingerprint density at radius 3 is 2.72 bits per heavy atom. The molecule has 1 unspecified atom stereocenters. The van der Waals surface area contributed by atoms with E-state index >= 15 is 0 Å². The molecule has 0 bridgehead atoms. The summed E-state index contributed by atoms with van der Waals surface area (Å²) in [7, 11) is 1.82. The SMILES string of the molecule is CCSNc1cc2c(c(-c3cn(C)c(=O)c4ccccc34)c1)OC(CC1CC1)C2. The van der Waals surface area contributed by atoms with E-state index in [9.17, 15) is 4.79 Å². The van der Waals surface area contributed by atoms with Crippen molar-refractivity contribution in [1.82, 2.24) is 4.57 Å². The number of nitrogens with one attached hydrogen (secondary N) is 1. The number of fused-ring (bicyclic) bond motifs is 2. The van der Waals surface area contributed by atoms with Gasteiger partial charge in [-0.3, -0.25) is 4.79 Å². The first-order chi connectivity index (χ1) is 14.1. The van der Waals surface area contributed by atoms with E-state index in [2.05, 4.69) is 23.8 Å². The van der Waals surface area contributed by atoms with Gasteiger partial charge in [-0.15, -0.1) is 0 Å². The fourth-order valence-corrected chi connectivity index (χ4v) is 4.76. The quantitative estimate of drug-likeness (QED) is 0.558. The molecule has 4 nitrogen and oxygen atoms in total. The second-order valence-corrected chi connectivity index (χ2v) is 9.24. The molecule has 1 saturated carbocycles. The smallest absolute Gasteiger partial charge is 0.258 e. The Balaban J connectivity index is 1.67. The molecule has 2 aliphatic rings. The molecule has 1 atom stereocenters. The van der Waals surface area contributed by atoms with E-state index in [0.29, 0.717) is 0 Å². The van der Waals surface area contributed by atoms with Crippen LogP contribution in [0.5, 0.6) is 5.75 Å². The highest BCUT2D eigenvalue weighted by Gasteiger charge is 2.32. The first-order valence-electron chi connectivity index (χ1n) is 10.4. The van der Waals surface area contributed by atoms with E-state index in [-0.39, 0.29) is 11.7 Å². The minimum Gasteiger partial charge on any atom is -0.489 e. The maximum absolute atomic E-state index is 12.7. The predicted molar refractivity (Wildman–Crippen MR) is 122 cm³/mol. The van der Waals surface area contributed by atoms with Gasteiger partial charge in [0.2, 0.25) is 0 Å². The molecule has 0 amide bonds. The first kappa shape index (κ1) is 18.6. The molecule has 0 spiro atoms. The van der Waals surface area contributed by atoms with Crippen LogP contribution in [-0.2, 0) is 13.5 Å². The van der Waals surface area contributed by atoms with Crippen molar-refractivity contribution in [2.75, 3.05) is 10.5 Å². The van der Waals surface area contributed by atoms with Gasteiger partial charge < -0.3 is 14.0 Å². The van der Waals surface area contributed by atoms with Crippen LogP contribution in [0.15, 0.2) is 47.4 Å². The number of nitrogens with zero attached hydrogens (tertiary/aromatic N) is 1. The maximum atomic E-state index is 12.7. The van der Waals surface area contributed by atoms with Crippen molar-refractivity contribution >= 4 is 28.4 Å². The van der Waals surface area contributed by atoms with Gasteiger partial charge in [0.15, 0.2) is 0 Å². The molecule has 2 heterocycles. The fraction of sp³-hybridized carbons (Fsp3) is 0.375. The van der Waals surface area contributed by atoms with Crippen molar-refractivity contribution in [1.29, 1.82) is 0 Å². The Bertz CT molecular complexity index is 1130. The van der Waals surface area contributed by atoms with Crippen molar-refractivity contribution in [2.45, 2.75) is 38.7 Å². The van der Waals surface area contributed by atoms with Crippen LogP contribution in [0.4, 0.5) is 5.69 Å². The molecule has 1 aromatic heterocycles. The molecule has 29 heavy (non-hydrogen) atoms. The third-order valence-corrected chi connectivity index (χ3v) is 6.58. The molecule has 1 fully saturated rings. The van der Waals surface area contributed by atoms with Gasteiger partial charge in [-0.05, 0) is 35.9 Å². The molecule has 150 valence electrons. The van der Waals surface area contributed by atoms with Crippen molar-refractivity contribution in [2.24, 2.45) is 13.0 Å². The van der Waals surface area contributed by atoms with E-state index in [1.54, 1.807) is 16.5 Å². The Morgan fingerprint density at radius 2 is 1.97 bits per heavy atom. The van der Waals surface area contributed by atoms with Crippen LogP contribution in [0, 0.1) is 5.92 Å². The van der Waals surface area contributed by atoms with Crippen LogP contribution >= 0.6 is 11.9 Å². The monoisotopic (exact) mass is 406 g/mol. The number of pyridine rings is 1. The van der Waals surface area contributed by atoms with Crippen molar-refractivity contribution < 1.29 is 4.74 Å². The number of ether oxygens (including phenoxy) is 1. The molecule has 1 aliphatic carbocycles. The normalized spacial score (nSPS) is 17.9. The average Bonchev–Trinajstić information content (AvgIpc) is 3.45. The van der Waals surface area contributed by atoms with Gasteiger partial charge in [0.05, 0.1) is 0 Å². The number of aromatic nitrogens is 1. The van der Waals surface area contributed by atoms with Crippen LogP contribution in [-0.4, -0.2) is 16.4 Å². The largest absolute Gasteiger partial charge is 0.489 e. The summed E-state index contributed by atoms with van der Waals surface area (Å²) in [6.07, 6.45) is 7.02. The Morgan fingerprint density at radius 1 is 1.17 bits per heavy atom. The van der Waals surface area contributed by atoms with E-state index < -0.39 is 0 Å². The number of benzene rings is 2. The molecule has 0 saturated heterocycles. The standard InChI is InChI=1S/C24H26N2O2S/c1-3-29-25-17-11-16-12-18(10-15-8-9-15)28-23(16)21(13-17)22-14-26(2)24(27)20-7-5-4-6-19(20)22/h4-7,11,13-15,18,25H,3,8-10,12H2,1-2H3. The Hall–Kier alpha value is -2.40. The van der Waals surface area contributed by atoms with E-state index in [1.807, 2.05) is 37.5 Å².